The zero-order valence-electron chi connectivity index (χ0n) is 44.2. The van der Waals surface area contributed by atoms with E-state index in [1.54, 1.807) is 0 Å². The van der Waals surface area contributed by atoms with E-state index in [0.717, 1.165) is 149 Å². The van der Waals surface area contributed by atoms with E-state index in [-0.39, 0.29) is 0 Å². The Morgan fingerprint density at radius 2 is 0.671 bits per heavy atom. The molecule has 0 unspecified atom stereocenters. The molecule has 0 amide bonds. The Bertz CT molecular complexity index is 5410. The van der Waals surface area contributed by atoms with Gasteiger partial charge in [0.05, 0.1) is 33.5 Å². The van der Waals surface area contributed by atoms with Crippen LogP contribution in [0.3, 0.4) is 0 Å². The van der Waals surface area contributed by atoms with Crippen molar-refractivity contribution >= 4 is 87.5 Å². The first-order chi connectivity index (χ1) is 40.6. The number of hydrogen-bond acceptors (Lipinski definition) is 4. The lowest BCUT2D eigenvalue weighted by molar-refractivity contribution is 0.668. The maximum atomic E-state index is 6.24. The van der Waals surface area contributed by atoms with Gasteiger partial charge in [-0.1, -0.05) is 182 Å². The van der Waals surface area contributed by atoms with Gasteiger partial charge in [-0.05, 0) is 142 Å². The van der Waals surface area contributed by atoms with Gasteiger partial charge in [0.1, 0.15) is 22.3 Å². The van der Waals surface area contributed by atoms with Gasteiger partial charge in [0.15, 0.2) is 0 Å². The first-order valence-corrected chi connectivity index (χ1v) is 27.8. The van der Waals surface area contributed by atoms with E-state index in [1.807, 2.05) is 24.3 Å². The summed E-state index contributed by atoms with van der Waals surface area (Å²) in [6.07, 6.45) is 0. The molecule has 5 aromatic heterocycles. The van der Waals surface area contributed by atoms with Crippen molar-refractivity contribution in [2.45, 2.75) is 0 Å². The maximum Gasteiger partial charge on any atom is 0.235 e. The molecule has 382 valence electrons. The molecule has 17 aromatic rings. The third kappa shape index (κ3) is 7.35. The van der Waals surface area contributed by atoms with Gasteiger partial charge >= 0.3 is 0 Å². The highest BCUT2D eigenvalue weighted by Crippen LogP contribution is 2.42. The predicted molar refractivity (Wildman–Crippen MR) is 338 cm³/mol. The van der Waals surface area contributed by atoms with E-state index in [2.05, 4.69) is 264 Å². The number of nitrogens with zero attached hydrogens (tertiary/aromatic N) is 4. The molecule has 0 fully saturated rings. The molecule has 6 heteroatoms. The van der Waals surface area contributed by atoms with Gasteiger partial charge in [-0.3, -0.25) is 4.57 Å². The van der Waals surface area contributed by atoms with E-state index in [0.29, 0.717) is 5.95 Å². The Morgan fingerprint density at radius 3 is 1.29 bits per heavy atom. The number of rotatable bonds is 8. The molecule has 0 bridgehead atoms. The summed E-state index contributed by atoms with van der Waals surface area (Å²) in [5.74, 6) is 0.584. The molecule has 0 atom stereocenters. The molecule has 0 saturated heterocycles. The SMILES string of the molecule is c1ccc(-c2ccc(-c3cc(-c4cccc(-n5c6ccccc6c6cc(-c7ccc8oc9ccccc9c8c7)ccc65)c4)nc(-n4c5ccccc5c5cc(-c6ccc7oc8ccccc8c7c6)ccc54)n3)c(-c3ccccc3)c2)cc1. The fraction of sp³-hybridized carbons (Fsp3) is 0. The molecular formula is C76H46N4O2. The van der Waals surface area contributed by atoms with E-state index < -0.39 is 0 Å². The Kier molecular flexibility index (Phi) is 10.2. The van der Waals surface area contributed by atoms with Crippen molar-refractivity contribution in [3.8, 4) is 78.7 Å². The van der Waals surface area contributed by atoms with Crippen LogP contribution in [0.1, 0.15) is 0 Å². The van der Waals surface area contributed by atoms with Gasteiger partial charge in [-0.2, -0.15) is 0 Å². The molecule has 0 radical (unpaired) electrons. The minimum Gasteiger partial charge on any atom is -0.456 e. The van der Waals surface area contributed by atoms with Crippen LogP contribution in [0.15, 0.2) is 288 Å². The minimum absolute atomic E-state index is 0.584. The molecule has 82 heavy (non-hydrogen) atoms. The summed E-state index contributed by atoms with van der Waals surface area (Å²) in [5, 5.41) is 9.05. The standard InChI is InChI=1S/C76H46N4O2/c1-3-16-47(17-4-1)49-30-35-56(61(41-49)48-18-5-2-6-19-48)67-46-66(77-76(78-67)80-69-27-12-8-23-58(69)63-43-51(32-37-71(63)80)53-34-39-75-65(45-53)60-25-10-14-29-73(60)82-75)54-20-15-21-55(40-54)79-68-26-11-7-22-57(68)62-42-50(31-36-70(62)79)52-33-38-74-64(44-52)59-24-9-13-28-72(59)81-74/h1-46H. The second kappa shape index (κ2) is 18.2. The van der Waals surface area contributed by atoms with E-state index in [9.17, 15) is 0 Å². The Labute approximate surface area is 470 Å². The molecular weight excluding hydrogens is 1000 g/mol. The highest BCUT2D eigenvalue weighted by atomic mass is 16.3. The number of hydrogen-bond donors (Lipinski definition) is 0. The van der Waals surface area contributed by atoms with Crippen LogP contribution < -0.4 is 0 Å². The van der Waals surface area contributed by atoms with Gasteiger partial charge in [0, 0.05) is 59.9 Å². The molecule has 0 spiro atoms. The second-order valence-electron chi connectivity index (χ2n) is 21.3. The highest BCUT2D eigenvalue weighted by Gasteiger charge is 2.22. The highest BCUT2D eigenvalue weighted by molar-refractivity contribution is 6.13. The van der Waals surface area contributed by atoms with Crippen LogP contribution in [0.5, 0.6) is 0 Å². The van der Waals surface area contributed by atoms with Crippen molar-refractivity contribution in [3.05, 3.63) is 279 Å². The van der Waals surface area contributed by atoms with Crippen LogP contribution in [-0.4, -0.2) is 19.1 Å². The molecule has 12 aromatic carbocycles. The summed E-state index contributed by atoms with van der Waals surface area (Å²) in [5.41, 5.74) is 21.5. The molecule has 5 heterocycles. The summed E-state index contributed by atoms with van der Waals surface area (Å²) in [7, 11) is 0. The molecule has 0 aliphatic carbocycles. The minimum atomic E-state index is 0.584. The van der Waals surface area contributed by atoms with Crippen LogP contribution in [0.25, 0.3) is 166 Å². The number of para-hydroxylation sites is 4. The van der Waals surface area contributed by atoms with Crippen molar-refractivity contribution in [1.82, 2.24) is 19.1 Å². The third-order valence-corrected chi connectivity index (χ3v) is 16.6. The van der Waals surface area contributed by atoms with Crippen LogP contribution in [0.2, 0.25) is 0 Å². The Hall–Kier alpha value is -11.1. The lowest BCUT2D eigenvalue weighted by atomic mass is 9.92. The van der Waals surface area contributed by atoms with Gasteiger partial charge < -0.3 is 13.4 Å². The Balaban J connectivity index is 0.852. The summed E-state index contributed by atoms with van der Waals surface area (Å²) in [6.45, 7) is 0. The molecule has 0 aliphatic heterocycles. The van der Waals surface area contributed by atoms with Crippen molar-refractivity contribution in [2.75, 3.05) is 0 Å². The fourth-order valence-electron chi connectivity index (χ4n) is 12.7. The molecule has 0 aliphatic rings. The topological polar surface area (TPSA) is 61.9 Å². The first-order valence-electron chi connectivity index (χ1n) is 27.8. The average molecular weight is 1050 g/mol. The van der Waals surface area contributed by atoms with Crippen LogP contribution in [-0.2, 0) is 0 Å². The number of aromatic nitrogens is 4. The third-order valence-electron chi connectivity index (χ3n) is 16.6. The van der Waals surface area contributed by atoms with Crippen LogP contribution in [0, 0.1) is 0 Å². The van der Waals surface area contributed by atoms with Crippen molar-refractivity contribution in [2.24, 2.45) is 0 Å². The van der Waals surface area contributed by atoms with Crippen molar-refractivity contribution < 1.29 is 8.83 Å². The second-order valence-corrected chi connectivity index (χ2v) is 21.3. The van der Waals surface area contributed by atoms with Gasteiger partial charge in [-0.15, -0.1) is 0 Å². The van der Waals surface area contributed by atoms with E-state index in [4.69, 9.17) is 18.8 Å². The predicted octanol–water partition coefficient (Wildman–Crippen LogP) is 20.5. The molecule has 0 saturated carbocycles. The average Bonchev–Trinajstić information content (AvgIpc) is 4.50. The maximum absolute atomic E-state index is 6.24. The first kappa shape index (κ1) is 45.9. The van der Waals surface area contributed by atoms with E-state index in [1.165, 1.54) is 10.8 Å². The molecule has 17 rings (SSSR count). The zero-order chi connectivity index (χ0) is 53.8. The number of benzene rings is 12. The van der Waals surface area contributed by atoms with Crippen LogP contribution >= 0.6 is 0 Å². The quantitative estimate of drug-likeness (QED) is 0.152. The van der Waals surface area contributed by atoms with Gasteiger partial charge in [0.2, 0.25) is 5.95 Å². The largest absolute Gasteiger partial charge is 0.456 e. The Morgan fingerprint density at radius 1 is 0.232 bits per heavy atom. The number of fused-ring (bicyclic) bond motifs is 12. The normalized spacial score (nSPS) is 11.9. The summed E-state index contributed by atoms with van der Waals surface area (Å²) < 4.78 is 17.1. The van der Waals surface area contributed by atoms with Crippen molar-refractivity contribution in [3.63, 3.8) is 0 Å². The smallest absolute Gasteiger partial charge is 0.235 e. The lowest BCUT2D eigenvalue weighted by Crippen LogP contribution is -2.04. The monoisotopic (exact) mass is 1050 g/mol. The summed E-state index contributed by atoms with van der Waals surface area (Å²) in [4.78, 5) is 11.3. The van der Waals surface area contributed by atoms with E-state index >= 15 is 0 Å². The van der Waals surface area contributed by atoms with Gasteiger partial charge in [-0.25, -0.2) is 9.97 Å². The molecule has 6 nitrogen and oxygen atoms in total. The van der Waals surface area contributed by atoms with Crippen LogP contribution in [0.4, 0.5) is 0 Å². The fourth-order valence-corrected chi connectivity index (χ4v) is 12.7. The summed E-state index contributed by atoms with van der Waals surface area (Å²) >= 11 is 0. The zero-order valence-corrected chi connectivity index (χ0v) is 44.2. The molecule has 0 N–H and O–H groups in total. The van der Waals surface area contributed by atoms with Crippen molar-refractivity contribution in [1.29, 1.82) is 0 Å². The van der Waals surface area contributed by atoms with Gasteiger partial charge in [0.25, 0.3) is 0 Å². The number of furan rings is 2. The lowest BCUT2D eigenvalue weighted by Gasteiger charge is -2.16. The summed E-state index contributed by atoms with van der Waals surface area (Å²) in [6, 6.07) is 99.5.